The van der Waals surface area contributed by atoms with Gasteiger partial charge in [0.25, 0.3) is 0 Å². The normalized spacial score (nSPS) is 24.1. The van der Waals surface area contributed by atoms with Gasteiger partial charge < -0.3 is 15.4 Å². The number of fused-ring (bicyclic) bond motifs is 1. The number of anilines is 2. The second-order valence-corrected chi connectivity index (χ2v) is 7.21. The highest BCUT2D eigenvalue weighted by Gasteiger charge is 2.36. The van der Waals surface area contributed by atoms with Gasteiger partial charge in [-0.3, -0.25) is 4.90 Å². The lowest BCUT2D eigenvalue weighted by atomic mass is 10.0. The molecule has 0 bridgehead atoms. The molecule has 3 heterocycles. The van der Waals surface area contributed by atoms with Crippen molar-refractivity contribution in [3.63, 3.8) is 0 Å². The fourth-order valence-electron chi connectivity index (χ4n) is 3.69. The predicted molar refractivity (Wildman–Crippen MR) is 101 cm³/mol. The molecule has 6 nitrogen and oxygen atoms in total. The summed E-state index contributed by atoms with van der Waals surface area (Å²) in [4.78, 5) is 13.8. The number of thioether (sulfide) groups is 1. The molecule has 25 heavy (non-hydrogen) atoms. The summed E-state index contributed by atoms with van der Waals surface area (Å²) in [6.07, 6.45) is 1.97. The molecule has 4 rings (SSSR count). The Kier molecular flexibility index (Phi) is 4.78. The largest absolute Gasteiger partial charge is 0.383 e. The average molecular weight is 357 g/mol. The van der Waals surface area contributed by atoms with Gasteiger partial charge in [0, 0.05) is 25.7 Å². The molecule has 2 saturated heterocycles. The molecule has 0 radical (unpaired) electrons. The third-order valence-electron chi connectivity index (χ3n) is 4.92. The maximum absolute atomic E-state index is 5.95. The summed E-state index contributed by atoms with van der Waals surface area (Å²) in [6, 6.07) is 13.2. The van der Waals surface area contributed by atoms with Crippen LogP contribution in [-0.2, 0) is 4.74 Å². The van der Waals surface area contributed by atoms with E-state index >= 15 is 0 Å². The first-order chi connectivity index (χ1) is 12.2. The molecule has 1 aromatic heterocycles. The van der Waals surface area contributed by atoms with Crippen molar-refractivity contribution in [1.29, 1.82) is 0 Å². The number of aromatic nitrogens is 2. The van der Waals surface area contributed by atoms with Crippen LogP contribution < -0.4 is 10.6 Å². The fraction of sp³-hybridized carbons (Fsp3) is 0.444. The van der Waals surface area contributed by atoms with Crippen molar-refractivity contribution in [2.24, 2.45) is 0 Å². The highest BCUT2D eigenvalue weighted by atomic mass is 32.2. The van der Waals surface area contributed by atoms with Crippen LogP contribution in [-0.4, -0.2) is 60.0 Å². The van der Waals surface area contributed by atoms with E-state index in [2.05, 4.69) is 50.1 Å². The Bertz CT molecular complexity index is 729. The van der Waals surface area contributed by atoms with Crippen molar-refractivity contribution in [3.8, 4) is 0 Å². The average Bonchev–Trinajstić information content (AvgIpc) is 2.67. The number of hydrogen-bond acceptors (Lipinski definition) is 7. The number of nitrogens with two attached hydrogens (primary N) is 1. The second-order valence-electron chi connectivity index (χ2n) is 6.44. The monoisotopic (exact) mass is 357 g/mol. The standard InChI is InChI=1S/C18H23N5OS/c1-25-18-20-16(19)9-17(21-18)22-7-8-23-14(10-22)11-24-12-15(23)13-5-3-2-4-6-13/h2-6,9,14-15H,7-8,10-12H2,1H3,(H2,19,20,21)/t14-,15-/m1/s1. The van der Waals surface area contributed by atoms with Gasteiger partial charge in [0.2, 0.25) is 0 Å². The lowest BCUT2D eigenvalue weighted by Crippen LogP contribution is -2.59. The minimum absolute atomic E-state index is 0.333. The molecular formula is C18H23N5OS. The van der Waals surface area contributed by atoms with Crippen LogP contribution >= 0.6 is 11.8 Å². The number of nitrogen functional groups attached to an aromatic ring is 1. The molecule has 2 atom stereocenters. The lowest BCUT2D eigenvalue weighted by molar-refractivity contribution is -0.0548. The van der Waals surface area contributed by atoms with Crippen LogP contribution in [0.2, 0.25) is 0 Å². The van der Waals surface area contributed by atoms with Crippen LogP contribution in [0.1, 0.15) is 11.6 Å². The molecule has 1 aromatic carbocycles. The van der Waals surface area contributed by atoms with E-state index < -0.39 is 0 Å². The number of hydrogen-bond donors (Lipinski definition) is 1. The molecule has 0 aliphatic carbocycles. The van der Waals surface area contributed by atoms with E-state index in [0.29, 0.717) is 17.9 Å². The molecule has 7 heteroatoms. The van der Waals surface area contributed by atoms with Gasteiger partial charge in [0.15, 0.2) is 5.16 Å². The van der Waals surface area contributed by atoms with Crippen molar-refractivity contribution < 1.29 is 4.74 Å². The van der Waals surface area contributed by atoms with E-state index in [9.17, 15) is 0 Å². The van der Waals surface area contributed by atoms with Gasteiger partial charge in [-0.05, 0) is 11.8 Å². The van der Waals surface area contributed by atoms with E-state index in [1.807, 2.05) is 12.3 Å². The third-order valence-corrected chi connectivity index (χ3v) is 5.47. The number of piperazine rings is 1. The van der Waals surface area contributed by atoms with E-state index in [4.69, 9.17) is 10.5 Å². The zero-order valence-corrected chi connectivity index (χ0v) is 15.2. The summed E-state index contributed by atoms with van der Waals surface area (Å²) in [7, 11) is 0. The smallest absolute Gasteiger partial charge is 0.191 e. The topological polar surface area (TPSA) is 67.5 Å². The summed E-state index contributed by atoms with van der Waals surface area (Å²) < 4.78 is 5.93. The Labute approximate surface area is 152 Å². The van der Waals surface area contributed by atoms with Gasteiger partial charge in [-0.15, -0.1) is 0 Å². The van der Waals surface area contributed by atoms with Crippen LogP contribution in [0.15, 0.2) is 41.6 Å². The summed E-state index contributed by atoms with van der Waals surface area (Å²) in [5.41, 5.74) is 7.28. The predicted octanol–water partition coefficient (Wildman–Crippen LogP) is 2.04. The van der Waals surface area contributed by atoms with Crippen molar-refractivity contribution in [2.45, 2.75) is 17.2 Å². The molecule has 0 amide bonds. The molecule has 2 N–H and O–H groups in total. The SMILES string of the molecule is CSc1nc(N)cc(N2CCN3[C@@H](COC[C@@H]3c3ccccc3)C2)n1. The quantitative estimate of drug-likeness (QED) is 0.666. The number of benzene rings is 1. The molecule has 2 fully saturated rings. The van der Waals surface area contributed by atoms with Gasteiger partial charge in [-0.2, -0.15) is 0 Å². The Morgan fingerprint density at radius 3 is 2.80 bits per heavy atom. The number of nitrogens with zero attached hydrogens (tertiary/aromatic N) is 4. The van der Waals surface area contributed by atoms with E-state index in [1.165, 1.54) is 17.3 Å². The van der Waals surface area contributed by atoms with E-state index in [-0.39, 0.29) is 0 Å². The first-order valence-corrected chi connectivity index (χ1v) is 9.79. The van der Waals surface area contributed by atoms with Gasteiger partial charge in [0.1, 0.15) is 11.6 Å². The van der Waals surface area contributed by atoms with Crippen LogP contribution in [0.5, 0.6) is 0 Å². The Morgan fingerprint density at radius 1 is 1.16 bits per heavy atom. The lowest BCUT2D eigenvalue weighted by Gasteiger charge is -2.48. The molecule has 0 saturated carbocycles. The van der Waals surface area contributed by atoms with Crippen LogP contribution in [0.25, 0.3) is 0 Å². The number of ether oxygens (including phenoxy) is 1. The summed E-state index contributed by atoms with van der Waals surface area (Å²) in [5.74, 6) is 1.44. The minimum atomic E-state index is 0.333. The molecule has 0 spiro atoms. The van der Waals surface area contributed by atoms with Crippen molar-refractivity contribution in [3.05, 3.63) is 42.0 Å². The highest BCUT2D eigenvalue weighted by Crippen LogP contribution is 2.31. The van der Waals surface area contributed by atoms with Crippen molar-refractivity contribution in [2.75, 3.05) is 49.7 Å². The Balaban J connectivity index is 1.53. The summed E-state index contributed by atoms with van der Waals surface area (Å²) >= 11 is 1.52. The van der Waals surface area contributed by atoms with Gasteiger partial charge in [-0.1, -0.05) is 42.1 Å². The first kappa shape index (κ1) is 16.6. The summed E-state index contributed by atoms with van der Waals surface area (Å²) in [5, 5.41) is 0.722. The van der Waals surface area contributed by atoms with Crippen LogP contribution in [0.3, 0.4) is 0 Å². The van der Waals surface area contributed by atoms with Crippen molar-refractivity contribution in [1.82, 2.24) is 14.9 Å². The maximum Gasteiger partial charge on any atom is 0.191 e. The minimum Gasteiger partial charge on any atom is -0.383 e. The van der Waals surface area contributed by atoms with E-state index in [1.54, 1.807) is 0 Å². The molecule has 132 valence electrons. The van der Waals surface area contributed by atoms with Gasteiger partial charge >= 0.3 is 0 Å². The highest BCUT2D eigenvalue weighted by molar-refractivity contribution is 7.98. The zero-order valence-electron chi connectivity index (χ0n) is 14.3. The second kappa shape index (κ2) is 7.19. The third kappa shape index (κ3) is 3.44. The molecular weight excluding hydrogens is 334 g/mol. The Hall–Kier alpha value is -1.83. The molecule has 2 aromatic rings. The van der Waals surface area contributed by atoms with E-state index in [0.717, 1.165) is 43.8 Å². The molecule has 2 aliphatic heterocycles. The fourth-order valence-corrected chi connectivity index (χ4v) is 4.08. The number of morpholine rings is 1. The summed E-state index contributed by atoms with van der Waals surface area (Å²) in [6.45, 7) is 4.34. The van der Waals surface area contributed by atoms with Crippen molar-refractivity contribution >= 4 is 23.4 Å². The molecule has 0 unspecified atom stereocenters. The zero-order chi connectivity index (χ0) is 17.2. The first-order valence-electron chi connectivity index (χ1n) is 8.56. The van der Waals surface area contributed by atoms with Gasteiger partial charge in [0.05, 0.1) is 25.3 Å². The molecule has 2 aliphatic rings. The number of rotatable bonds is 3. The van der Waals surface area contributed by atoms with Crippen LogP contribution in [0.4, 0.5) is 11.6 Å². The van der Waals surface area contributed by atoms with Crippen LogP contribution in [0, 0.1) is 0 Å². The van der Waals surface area contributed by atoms with Gasteiger partial charge in [-0.25, -0.2) is 9.97 Å². The Morgan fingerprint density at radius 2 is 2.00 bits per heavy atom. The maximum atomic E-state index is 5.95.